The fraction of sp³-hybridized carbons (Fsp3) is 0.528. The number of nitrogens with zero attached hydrogens (tertiary/aromatic N) is 1. The van der Waals surface area contributed by atoms with Gasteiger partial charge in [0.15, 0.2) is 0 Å². The first kappa shape index (κ1) is 33.3. The minimum Gasteiger partial charge on any atom is -0.425 e. The molecular weight excluding hydrogens is 620 g/mol. The van der Waals surface area contributed by atoms with Gasteiger partial charge < -0.3 is 34.7 Å². The maximum Gasteiger partial charge on any atom is 0.415 e. The Balaban J connectivity index is 1.06. The maximum absolute atomic E-state index is 13.9. The van der Waals surface area contributed by atoms with E-state index in [2.05, 4.69) is 20.9 Å². The molecule has 0 unspecified atom stereocenters. The van der Waals surface area contributed by atoms with Gasteiger partial charge in [0, 0.05) is 49.2 Å². The molecule has 1 atom stereocenters. The fourth-order valence-corrected chi connectivity index (χ4v) is 7.31. The predicted molar refractivity (Wildman–Crippen MR) is 179 cm³/mol. The van der Waals surface area contributed by atoms with Crippen LogP contribution in [0, 0.1) is 11.8 Å². The van der Waals surface area contributed by atoms with E-state index in [9.17, 15) is 14.4 Å². The monoisotopic (exact) mass is 664 g/mol. The summed E-state index contributed by atoms with van der Waals surface area (Å²) in [5.74, 6) is 0.505. The highest BCUT2D eigenvalue weighted by molar-refractivity contribution is 6.31. The van der Waals surface area contributed by atoms with Crippen molar-refractivity contribution in [3.8, 4) is 5.95 Å². The van der Waals surface area contributed by atoms with Gasteiger partial charge in [0.05, 0.1) is 0 Å². The number of halogens is 1. The van der Waals surface area contributed by atoms with Gasteiger partial charge in [-0.2, -0.15) is 0 Å². The van der Waals surface area contributed by atoms with Crippen molar-refractivity contribution in [3.63, 3.8) is 0 Å². The highest BCUT2D eigenvalue weighted by atomic mass is 35.5. The van der Waals surface area contributed by atoms with Crippen LogP contribution in [0.5, 0.6) is 5.95 Å². The summed E-state index contributed by atoms with van der Waals surface area (Å²) in [5, 5.41) is 10.2. The number of benzene rings is 2. The number of hydrogen-bond donors (Lipinski definition) is 3. The average molecular weight is 665 g/mol. The number of rotatable bonds is 11. The molecule has 3 N–H and O–H groups in total. The van der Waals surface area contributed by atoms with Crippen LogP contribution in [0.4, 0.5) is 4.79 Å². The highest BCUT2D eigenvalue weighted by Gasteiger charge is 2.44. The van der Waals surface area contributed by atoms with Gasteiger partial charge in [-0.1, -0.05) is 54.8 Å². The minimum atomic E-state index is -1.20. The second-order valence-corrected chi connectivity index (χ2v) is 13.7. The van der Waals surface area contributed by atoms with Gasteiger partial charge in [-0.05, 0) is 87.2 Å². The third-order valence-corrected chi connectivity index (χ3v) is 10.2. The van der Waals surface area contributed by atoms with E-state index in [1.54, 1.807) is 24.3 Å². The van der Waals surface area contributed by atoms with E-state index in [0.717, 1.165) is 76.9 Å². The molecule has 3 aromatic rings. The summed E-state index contributed by atoms with van der Waals surface area (Å²) in [6.07, 6.45) is 6.30. The molecule has 0 bridgehead atoms. The lowest BCUT2D eigenvalue weighted by atomic mass is 9.93. The number of piperidine rings is 1. The van der Waals surface area contributed by atoms with Crippen LogP contribution in [-0.4, -0.2) is 73.8 Å². The molecule has 2 aromatic carbocycles. The molecule has 11 heteroatoms. The normalized spacial score (nSPS) is 19.7. The van der Waals surface area contributed by atoms with Gasteiger partial charge in [0.1, 0.15) is 17.2 Å². The second-order valence-electron chi connectivity index (χ2n) is 13.3. The quantitative estimate of drug-likeness (QED) is 0.249. The smallest absolute Gasteiger partial charge is 0.415 e. The van der Waals surface area contributed by atoms with Gasteiger partial charge in [0.25, 0.3) is 5.95 Å². The van der Waals surface area contributed by atoms with Crippen molar-refractivity contribution in [2.24, 2.45) is 11.8 Å². The maximum atomic E-state index is 13.9. The first-order valence-electron chi connectivity index (χ1n) is 17.0. The molecule has 3 heterocycles. The molecule has 2 aliphatic heterocycles. The third-order valence-electron chi connectivity index (χ3n) is 9.92. The van der Waals surface area contributed by atoms with Crippen molar-refractivity contribution in [1.29, 1.82) is 0 Å². The lowest BCUT2D eigenvalue weighted by molar-refractivity contribution is -0.132. The largest absolute Gasteiger partial charge is 0.425 e. The number of furan rings is 1. The Labute approximate surface area is 280 Å². The van der Waals surface area contributed by atoms with Crippen molar-refractivity contribution >= 4 is 40.5 Å². The van der Waals surface area contributed by atoms with Crippen LogP contribution in [-0.2, 0) is 20.7 Å². The molecule has 6 rings (SSSR count). The van der Waals surface area contributed by atoms with Crippen LogP contribution in [0.1, 0.15) is 56.9 Å². The van der Waals surface area contributed by atoms with Crippen LogP contribution in [0.3, 0.4) is 0 Å². The zero-order valence-electron chi connectivity index (χ0n) is 26.8. The molecule has 3 fully saturated rings. The number of ether oxygens (including phenoxy) is 2. The molecule has 1 aliphatic carbocycles. The van der Waals surface area contributed by atoms with Gasteiger partial charge in [-0.25, -0.2) is 4.79 Å². The standard InChI is InChI=1S/C36H45ClN4O6/c37-29-8-9-31-28(21-29)22-32(46-31)47-35(44)40-36(14-4-5-15-36)34(43)39-30(20-25-6-2-1-3-7-25)33(42)38-23-26-10-16-41(17-11-26)24-27-12-18-45-19-13-27/h1-3,6-9,21-22,26-27,30H,4-5,10-20,23-24H2,(H,38,42)(H,39,43)(H,40,44)/t30-/m1/s1. The molecule has 2 saturated heterocycles. The van der Waals surface area contributed by atoms with Crippen molar-refractivity contribution < 1.29 is 28.3 Å². The Bertz CT molecular complexity index is 1510. The molecular formula is C36H45ClN4O6. The summed E-state index contributed by atoms with van der Waals surface area (Å²) < 4.78 is 16.6. The summed E-state index contributed by atoms with van der Waals surface area (Å²) in [7, 11) is 0. The average Bonchev–Trinajstić information content (AvgIpc) is 3.72. The highest BCUT2D eigenvalue weighted by Crippen LogP contribution is 2.32. The lowest BCUT2D eigenvalue weighted by Crippen LogP contribution is -2.61. The van der Waals surface area contributed by atoms with Gasteiger partial charge in [0.2, 0.25) is 11.8 Å². The number of fused-ring (bicyclic) bond motifs is 1. The summed E-state index contributed by atoms with van der Waals surface area (Å²) in [6, 6.07) is 15.5. The van der Waals surface area contributed by atoms with Crippen LogP contribution < -0.4 is 20.7 Å². The summed E-state index contributed by atoms with van der Waals surface area (Å²) in [4.78, 5) is 43.2. The molecule has 0 spiro atoms. The van der Waals surface area contributed by atoms with Gasteiger partial charge in [-0.15, -0.1) is 0 Å². The topological polar surface area (TPSA) is 122 Å². The fourth-order valence-electron chi connectivity index (χ4n) is 7.13. The molecule has 10 nitrogen and oxygen atoms in total. The van der Waals surface area contributed by atoms with Crippen LogP contribution in [0.15, 0.2) is 59.0 Å². The Morgan fingerprint density at radius 2 is 1.70 bits per heavy atom. The minimum absolute atomic E-state index is 0.00377. The predicted octanol–water partition coefficient (Wildman–Crippen LogP) is 5.47. The first-order chi connectivity index (χ1) is 22.8. The number of carbonyl (C=O) groups is 3. The molecule has 1 saturated carbocycles. The Morgan fingerprint density at radius 1 is 0.957 bits per heavy atom. The number of nitrogens with one attached hydrogen (secondary N) is 3. The Morgan fingerprint density at radius 3 is 2.45 bits per heavy atom. The number of hydrogen-bond acceptors (Lipinski definition) is 7. The SMILES string of the molecule is O=C(NC1(C(=O)N[C@H](Cc2ccccc2)C(=O)NCC2CCN(CC3CCOCC3)CC2)CCCC1)Oc1cc2cc(Cl)ccc2o1. The molecule has 47 heavy (non-hydrogen) atoms. The molecule has 0 radical (unpaired) electrons. The number of amides is 3. The van der Waals surface area contributed by atoms with Gasteiger partial charge >= 0.3 is 6.09 Å². The van der Waals surface area contributed by atoms with Crippen molar-refractivity contribution in [3.05, 3.63) is 65.2 Å². The molecule has 252 valence electrons. The molecule has 3 amide bonds. The molecule has 1 aromatic heterocycles. The van der Waals surface area contributed by atoms with Gasteiger partial charge in [-0.3, -0.25) is 9.59 Å². The van der Waals surface area contributed by atoms with Crippen molar-refractivity contribution in [2.45, 2.75) is 69.4 Å². The summed E-state index contributed by atoms with van der Waals surface area (Å²) >= 11 is 6.07. The van der Waals surface area contributed by atoms with Crippen molar-refractivity contribution in [1.82, 2.24) is 20.9 Å². The number of likely N-dealkylation sites (tertiary alicyclic amines) is 1. The zero-order chi connectivity index (χ0) is 32.6. The number of carbonyl (C=O) groups excluding carboxylic acids is 3. The zero-order valence-corrected chi connectivity index (χ0v) is 27.6. The lowest BCUT2D eigenvalue weighted by Gasteiger charge is -2.35. The van der Waals surface area contributed by atoms with E-state index in [0.29, 0.717) is 53.6 Å². The van der Waals surface area contributed by atoms with Crippen molar-refractivity contribution in [2.75, 3.05) is 39.4 Å². The van der Waals surface area contributed by atoms with E-state index in [1.165, 1.54) is 0 Å². The summed E-state index contributed by atoms with van der Waals surface area (Å²) in [5.41, 5.74) is 0.270. The third kappa shape index (κ3) is 8.86. The summed E-state index contributed by atoms with van der Waals surface area (Å²) in [6.45, 7) is 5.51. The Hall–Kier alpha value is -3.60. The van der Waals surface area contributed by atoms with E-state index >= 15 is 0 Å². The van der Waals surface area contributed by atoms with E-state index in [4.69, 9.17) is 25.5 Å². The Kier molecular flexibility index (Phi) is 11.0. The first-order valence-corrected chi connectivity index (χ1v) is 17.3. The van der Waals surface area contributed by atoms with Crippen LogP contribution >= 0.6 is 11.6 Å². The van der Waals surface area contributed by atoms with E-state index < -0.39 is 17.7 Å². The van der Waals surface area contributed by atoms with Crippen LogP contribution in [0.2, 0.25) is 5.02 Å². The molecule has 3 aliphatic rings. The van der Waals surface area contributed by atoms with E-state index in [1.807, 2.05) is 30.3 Å². The van der Waals surface area contributed by atoms with Crippen LogP contribution in [0.25, 0.3) is 11.0 Å². The van der Waals surface area contributed by atoms with E-state index in [-0.39, 0.29) is 17.8 Å². The second kappa shape index (κ2) is 15.5.